The zero-order valence-corrected chi connectivity index (χ0v) is 13.0. The molecular weight excluding hydrogens is 286 g/mol. The van der Waals surface area contributed by atoms with E-state index in [2.05, 4.69) is 36.1 Å². The molecule has 0 spiro atoms. The van der Waals surface area contributed by atoms with Gasteiger partial charge < -0.3 is 10.2 Å². The fourth-order valence-electron chi connectivity index (χ4n) is 2.25. The minimum atomic E-state index is -0.118. The third kappa shape index (κ3) is 2.69. The van der Waals surface area contributed by atoms with E-state index in [9.17, 15) is 0 Å². The average molecular weight is 303 g/mol. The lowest BCUT2D eigenvalue weighted by Gasteiger charge is -2.19. The lowest BCUT2D eigenvalue weighted by molar-refractivity contribution is 0.500. The Morgan fingerprint density at radius 2 is 2.19 bits per heavy atom. The molecule has 0 saturated carbocycles. The molecule has 3 heterocycles. The first-order valence-corrected chi connectivity index (χ1v) is 7.51. The van der Waals surface area contributed by atoms with Crippen LogP contribution in [0, 0.1) is 0 Å². The number of hydrogen-bond donors (Lipinski definition) is 1. The largest absolute Gasteiger partial charge is 0.462 e. The van der Waals surface area contributed by atoms with Crippen molar-refractivity contribution in [3.8, 4) is 10.8 Å². The fraction of sp³-hybridized carbons (Fsp3) is 0.357. The number of anilines is 1. The average Bonchev–Trinajstić information content (AvgIpc) is 3.09. The Kier molecular flexibility index (Phi) is 3.29. The van der Waals surface area contributed by atoms with Crippen molar-refractivity contribution in [1.82, 2.24) is 20.0 Å². The monoisotopic (exact) mass is 303 g/mol. The van der Waals surface area contributed by atoms with Crippen LogP contribution in [0.4, 0.5) is 5.82 Å². The molecule has 0 unspecified atom stereocenters. The summed E-state index contributed by atoms with van der Waals surface area (Å²) in [5.41, 5.74) is 7.66. The minimum Gasteiger partial charge on any atom is -0.462 e. The SMILES string of the molecule is CC(C)(C)c1c(N)nnn1Cc1csc(-c2ccco2)n1. The highest BCUT2D eigenvalue weighted by molar-refractivity contribution is 7.13. The van der Waals surface area contributed by atoms with E-state index in [0.29, 0.717) is 12.4 Å². The molecule has 3 aromatic rings. The van der Waals surface area contributed by atoms with Gasteiger partial charge in [-0.15, -0.1) is 16.4 Å². The quantitative estimate of drug-likeness (QED) is 0.804. The molecular formula is C14H17N5OS. The third-order valence-corrected chi connectivity index (χ3v) is 3.97. The summed E-state index contributed by atoms with van der Waals surface area (Å²) < 4.78 is 7.17. The second-order valence-electron chi connectivity index (χ2n) is 5.85. The molecule has 7 heteroatoms. The summed E-state index contributed by atoms with van der Waals surface area (Å²) in [6.07, 6.45) is 1.65. The zero-order valence-electron chi connectivity index (χ0n) is 12.2. The van der Waals surface area contributed by atoms with Crippen molar-refractivity contribution < 1.29 is 4.42 Å². The molecule has 2 N–H and O–H groups in total. The standard InChI is InChI=1S/C14H17N5OS/c1-14(2,3)11-12(15)17-18-19(11)7-9-8-21-13(16-9)10-5-4-6-20-10/h4-6,8H,7,15H2,1-3H3. The number of nitrogens with two attached hydrogens (primary N) is 1. The summed E-state index contributed by atoms with van der Waals surface area (Å²) in [6, 6.07) is 3.75. The molecule has 0 fully saturated rings. The van der Waals surface area contributed by atoms with Gasteiger partial charge in [0.2, 0.25) is 0 Å². The number of rotatable bonds is 3. The van der Waals surface area contributed by atoms with Crippen LogP contribution in [-0.4, -0.2) is 20.0 Å². The van der Waals surface area contributed by atoms with Gasteiger partial charge in [0.15, 0.2) is 16.6 Å². The van der Waals surface area contributed by atoms with E-state index >= 15 is 0 Å². The van der Waals surface area contributed by atoms with E-state index in [0.717, 1.165) is 22.2 Å². The summed E-state index contributed by atoms with van der Waals surface area (Å²) in [4.78, 5) is 4.58. The van der Waals surface area contributed by atoms with E-state index in [4.69, 9.17) is 10.2 Å². The molecule has 0 aliphatic rings. The van der Waals surface area contributed by atoms with Gasteiger partial charge in [-0.05, 0) is 12.1 Å². The van der Waals surface area contributed by atoms with Crippen molar-refractivity contribution in [3.63, 3.8) is 0 Å². The van der Waals surface area contributed by atoms with E-state index in [1.807, 2.05) is 22.2 Å². The number of nitrogen functional groups attached to an aromatic ring is 1. The zero-order chi connectivity index (χ0) is 15.0. The molecule has 0 aliphatic heterocycles. The van der Waals surface area contributed by atoms with Gasteiger partial charge in [-0.3, -0.25) is 0 Å². The maximum absolute atomic E-state index is 5.94. The smallest absolute Gasteiger partial charge is 0.169 e. The van der Waals surface area contributed by atoms with E-state index < -0.39 is 0 Å². The van der Waals surface area contributed by atoms with Crippen molar-refractivity contribution in [3.05, 3.63) is 35.2 Å². The molecule has 0 saturated heterocycles. The molecule has 3 rings (SSSR count). The van der Waals surface area contributed by atoms with Crippen molar-refractivity contribution in [1.29, 1.82) is 0 Å². The Bertz CT molecular complexity index is 736. The van der Waals surface area contributed by atoms with Crippen molar-refractivity contribution >= 4 is 17.2 Å². The fourth-order valence-corrected chi connectivity index (χ4v) is 3.03. The first-order valence-electron chi connectivity index (χ1n) is 6.63. The molecule has 110 valence electrons. The summed E-state index contributed by atoms with van der Waals surface area (Å²) >= 11 is 1.55. The van der Waals surface area contributed by atoms with E-state index in [1.54, 1.807) is 17.6 Å². The highest BCUT2D eigenvalue weighted by Crippen LogP contribution is 2.28. The van der Waals surface area contributed by atoms with Crippen LogP contribution in [0.2, 0.25) is 0 Å². The highest BCUT2D eigenvalue weighted by Gasteiger charge is 2.24. The Morgan fingerprint density at radius 1 is 1.38 bits per heavy atom. The lowest BCUT2D eigenvalue weighted by Crippen LogP contribution is -2.20. The van der Waals surface area contributed by atoms with Crippen LogP contribution in [0.1, 0.15) is 32.2 Å². The highest BCUT2D eigenvalue weighted by atomic mass is 32.1. The van der Waals surface area contributed by atoms with Gasteiger partial charge in [-0.2, -0.15) is 0 Å². The summed E-state index contributed by atoms with van der Waals surface area (Å²) in [7, 11) is 0. The molecule has 21 heavy (non-hydrogen) atoms. The number of aromatic nitrogens is 4. The van der Waals surface area contributed by atoms with Crippen molar-refractivity contribution in [2.45, 2.75) is 32.7 Å². The van der Waals surface area contributed by atoms with Gasteiger partial charge in [0.1, 0.15) is 0 Å². The molecule has 0 aliphatic carbocycles. The first kappa shape index (κ1) is 13.8. The maximum atomic E-state index is 5.94. The Morgan fingerprint density at radius 3 is 2.86 bits per heavy atom. The third-order valence-electron chi connectivity index (χ3n) is 3.07. The van der Waals surface area contributed by atoms with Crippen LogP contribution in [0.3, 0.4) is 0 Å². The Labute approximate surface area is 126 Å². The van der Waals surface area contributed by atoms with Gasteiger partial charge in [-0.1, -0.05) is 26.0 Å². The number of hydrogen-bond acceptors (Lipinski definition) is 6. The first-order chi connectivity index (χ1) is 9.95. The summed E-state index contributed by atoms with van der Waals surface area (Å²) in [5.74, 6) is 1.25. The lowest BCUT2D eigenvalue weighted by atomic mass is 9.92. The number of nitrogens with zero attached hydrogens (tertiary/aromatic N) is 4. The van der Waals surface area contributed by atoms with Crippen molar-refractivity contribution in [2.75, 3.05) is 5.73 Å². The second-order valence-corrected chi connectivity index (χ2v) is 6.71. The van der Waals surface area contributed by atoms with Crippen LogP contribution in [0.5, 0.6) is 0 Å². The van der Waals surface area contributed by atoms with Crippen LogP contribution in [-0.2, 0) is 12.0 Å². The predicted octanol–water partition coefficient (Wildman–Crippen LogP) is 2.92. The topological polar surface area (TPSA) is 82.8 Å². The molecule has 0 aromatic carbocycles. The molecule has 0 atom stereocenters. The minimum absolute atomic E-state index is 0.118. The van der Waals surface area contributed by atoms with Gasteiger partial charge in [0, 0.05) is 10.8 Å². The molecule has 0 amide bonds. The second kappa shape index (κ2) is 5.00. The summed E-state index contributed by atoms with van der Waals surface area (Å²) in [6.45, 7) is 6.82. The maximum Gasteiger partial charge on any atom is 0.169 e. The summed E-state index contributed by atoms with van der Waals surface area (Å²) in [5, 5.41) is 11.0. The van der Waals surface area contributed by atoms with Crippen molar-refractivity contribution in [2.24, 2.45) is 0 Å². The van der Waals surface area contributed by atoms with E-state index in [1.165, 1.54) is 0 Å². The van der Waals surface area contributed by atoms with Crippen LogP contribution in [0.15, 0.2) is 28.2 Å². The van der Waals surface area contributed by atoms with Gasteiger partial charge >= 0.3 is 0 Å². The van der Waals surface area contributed by atoms with Gasteiger partial charge in [0.05, 0.1) is 24.2 Å². The van der Waals surface area contributed by atoms with Gasteiger partial charge in [-0.25, -0.2) is 9.67 Å². The Balaban J connectivity index is 1.88. The molecule has 3 aromatic heterocycles. The van der Waals surface area contributed by atoms with E-state index in [-0.39, 0.29) is 5.41 Å². The normalized spacial score (nSPS) is 12.0. The van der Waals surface area contributed by atoms with Crippen LogP contribution in [0.25, 0.3) is 10.8 Å². The van der Waals surface area contributed by atoms with Crippen LogP contribution >= 0.6 is 11.3 Å². The predicted molar refractivity (Wildman–Crippen MR) is 82.1 cm³/mol. The van der Waals surface area contributed by atoms with Gasteiger partial charge in [0.25, 0.3) is 0 Å². The number of thiazole rings is 1. The molecule has 0 bridgehead atoms. The van der Waals surface area contributed by atoms with Crippen LogP contribution < -0.4 is 5.73 Å². The molecule has 6 nitrogen and oxygen atoms in total. The molecule has 0 radical (unpaired) electrons. The Hall–Kier alpha value is -2.15. The number of furan rings is 1.